The maximum Gasteiger partial charge on any atom is 0.397 e. The molecule has 0 bridgehead atoms. The molecule has 4 nitrogen and oxygen atoms in total. The van der Waals surface area contributed by atoms with Crippen LogP contribution in [-0.2, 0) is 32.1 Å². The third-order valence-corrected chi connectivity index (χ3v) is 7.84. The fourth-order valence-electron chi connectivity index (χ4n) is 3.19. The highest BCUT2D eigenvalue weighted by molar-refractivity contribution is 7.97. The minimum Gasteiger partial charge on any atom is -0.264 e. The molecule has 2 aromatic rings. The van der Waals surface area contributed by atoms with Gasteiger partial charge in [0.25, 0.3) is 0 Å². The van der Waals surface area contributed by atoms with Gasteiger partial charge in [-0.15, -0.1) is 0 Å². The molecule has 0 spiro atoms. The van der Waals surface area contributed by atoms with Gasteiger partial charge in [0.1, 0.15) is 11.5 Å². The predicted octanol–water partition coefficient (Wildman–Crippen LogP) is 5.31. The third-order valence-electron chi connectivity index (χ3n) is 4.58. The monoisotopic (exact) mass is 423 g/mol. The van der Waals surface area contributed by atoms with Crippen LogP contribution in [0.5, 0.6) is 0 Å². The standard InChI is InChI=1S/C22H30O4S2/c1-3-5-15-27(16-6-4-2)22(20-12-8-7-9-13-20)21-14-10-11-19(17-21)18-26-28(23,24)25/h7-14,17,22H,3-6,15-16,18H2,1-2H3/p+1. The molecular formula is C22H31O4S2+. The van der Waals surface area contributed by atoms with Crippen LogP contribution in [0.4, 0.5) is 0 Å². The molecule has 2 aromatic carbocycles. The zero-order valence-electron chi connectivity index (χ0n) is 16.7. The molecule has 0 aliphatic heterocycles. The van der Waals surface area contributed by atoms with Gasteiger partial charge in [0.15, 0.2) is 5.25 Å². The molecule has 1 atom stereocenters. The van der Waals surface area contributed by atoms with E-state index in [0.717, 1.165) is 5.56 Å². The highest BCUT2D eigenvalue weighted by atomic mass is 32.3. The van der Waals surface area contributed by atoms with Gasteiger partial charge in [-0.2, -0.15) is 8.42 Å². The Hall–Kier alpha value is -1.34. The lowest BCUT2D eigenvalue weighted by Gasteiger charge is -2.21. The van der Waals surface area contributed by atoms with E-state index in [4.69, 9.17) is 4.55 Å². The molecule has 1 N–H and O–H groups in total. The molecule has 2 rings (SSSR count). The lowest BCUT2D eigenvalue weighted by molar-refractivity contribution is 0.259. The van der Waals surface area contributed by atoms with E-state index in [1.165, 1.54) is 48.3 Å². The van der Waals surface area contributed by atoms with E-state index in [0.29, 0.717) is 0 Å². The Kier molecular flexibility index (Phi) is 9.51. The van der Waals surface area contributed by atoms with Gasteiger partial charge < -0.3 is 0 Å². The van der Waals surface area contributed by atoms with Crippen molar-refractivity contribution in [3.05, 3.63) is 71.3 Å². The second kappa shape index (κ2) is 11.6. The fraction of sp³-hybridized carbons (Fsp3) is 0.455. The SMILES string of the molecule is CCCC[S+](CCCC)C(c1ccccc1)c1cccc(COS(=O)(=O)O)c1. The number of unbranched alkanes of at least 4 members (excludes halogenated alkanes) is 2. The molecule has 0 radical (unpaired) electrons. The van der Waals surface area contributed by atoms with Gasteiger partial charge in [-0.05, 0) is 35.4 Å². The van der Waals surface area contributed by atoms with E-state index in [1.54, 1.807) is 0 Å². The second-order valence-electron chi connectivity index (χ2n) is 6.88. The smallest absolute Gasteiger partial charge is 0.264 e. The molecule has 0 amide bonds. The van der Waals surface area contributed by atoms with Crippen LogP contribution in [0.25, 0.3) is 0 Å². The summed E-state index contributed by atoms with van der Waals surface area (Å²) in [5, 5.41) is 0.282. The normalized spacial score (nSPS) is 13.0. The van der Waals surface area contributed by atoms with Crippen LogP contribution in [-0.4, -0.2) is 24.5 Å². The minimum absolute atomic E-state index is 0.161. The summed E-state index contributed by atoms with van der Waals surface area (Å²) in [7, 11) is -4.25. The van der Waals surface area contributed by atoms with E-state index < -0.39 is 10.4 Å². The largest absolute Gasteiger partial charge is 0.397 e. The Labute approximate surface area is 172 Å². The predicted molar refractivity (Wildman–Crippen MR) is 118 cm³/mol. The third kappa shape index (κ3) is 7.59. The van der Waals surface area contributed by atoms with Crippen molar-refractivity contribution in [2.24, 2.45) is 0 Å². The second-order valence-corrected chi connectivity index (χ2v) is 10.3. The molecule has 0 fully saturated rings. The van der Waals surface area contributed by atoms with Crippen LogP contribution in [0.1, 0.15) is 61.5 Å². The van der Waals surface area contributed by atoms with E-state index >= 15 is 0 Å². The molecule has 6 heteroatoms. The first-order valence-electron chi connectivity index (χ1n) is 9.86. The maximum absolute atomic E-state index is 10.9. The van der Waals surface area contributed by atoms with Gasteiger partial charge >= 0.3 is 10.4 Å². The lowest BCUT2D eigenvalue weighted by atomic mass is 10.0. The number of rotatable bonds is 12. The van der Waals surface area contributed by atoms with E-state index in [1.807, 2.05) is 24.3 Å². The Morgan fingerprint density at radius 2 is 1.54 bits per heavy atom. The highest BCUT2D eigenvalue weighted by Gasteiger charge is 2.32. The molecule has 0 saturated heterocycles. The van der Waals surface area contributed by atoms with Gasteiger partial charge in [-0.1, -0.05) is 75.2 Å². The first kappa shape index (κ1) is 22.9. The summed E-state index contributed by atoms with van der Waals surface area (Å²) in [6, 6.07) is 18.5. The average Bonchev–Trinajstić information content (AvgIpc) is 2.69. The van der Waals surface area contributed by atoms with Crippen molar-refractivity contribution >= 4 is 21.3 Å². The van der Waals surface area contributed by atoms with Crippen molar-refractivity contribution in [3.63, 3.8) is 0 Å². The molecule has 28 heavy (non-hydrogen) atoms. The first-order valence-corrected chi connectivity index (χ1v) is 12.9. The van der Waals surface area contributed by atoms with Crippen molar-refractivity contribution in [2.75, 3.05) is 11.5 Å². The van der Waals surface area contributed by atoms with E-state index in [-0.39, 0.29) is 22.8 Å². The molecule has 154 valence electrons. The zero-order chi connectivity index (χ0) is 20.4. The van der Waals surface area contributed by atoms with E-state index in [9.17, 15) is 8.42 Å². The Balaban J connectivity index is 2.37. The Bertz CT molecular complexity index is 798. The van der Waals surface area contributed by atoms with Crippen molar-refractivity contribution in [2.45, 2.75) is 51.4 Å². The Morgan fingerprint density at radius 3 is 2.11 bits per heavy atom. The van der Waals surface area contributed by atoms with Crippen LogP contribution in [0.3, 0.4) is 0 Å². The van der Waals surface area contributed by atoms with Crippen molar-refractivity contribution in [1.29, 1.82) is 0 Å². The van der Waals surface area contributed by atoms with Crippen molar-refractivity contribution < 1.29 is 17.2 Å². The topological polar surface area (TPSA) is 63.6 Å². The fourth-order valence-corrected chi connectivity index (χ4v) is 6.54. The summed E-state index contributed by atoms with van der Waals surface area (Å²) in [5.41, 5.74) is 3.22. The molecule has 1 unspecified atom stereocenters. The van der Waals surface area contributed by atoms with E-state index in [2.05, 4.69) is 48.4 Å². The van der Waals surface area contributed by atoms with Gasteiger partial charge in [-0.3, -0.25) is 4.55 Å². The summed E-state index contributed by atoms with van der Waals surface area (Å²) < 4.78 is 35.3. The maximum atomic E-state index is 10.9. The summed E-state index contributed by atoms with van der Waals surface area (Å²) in [4.78, 5) is 0. The van der Waals surface area contributed by atoms with Gasteiger partial charge in [-0.25, -0.2) is 4.18 Å². The number of benzene rings is 2. The molecular weight excluding hydrogens is 392 g/mol. The molecule has 0 heterocycles. The summed E-state index contributed by atoms with van der Waals surface area (Å²) in [6.07, 6.45) is 4.78. The summed E-state index contributed by atoms with van der Waals surface area (Å²) in [6.45, 7) is 4.30. The van der Waals surface area contributed by atoms with Crippen LogP contribution in [0.15, 0.2) is 54.6 Å². The van der Waals surface area contributed by atoms with Gasteiger partial charge in [0, 0.05) is 11.1 Å². The quantitative estimate of drug-likeness (QED) is 0.371. The molecule has 0 aromatic heterocycles. The number of hydrogen-bond acceptors (Lipinski definition) is 3. The van der Waals surface area contributed by atoms with Crippen LogP contribution < -0.4 is 0 Å². The summed E-state index contributed by atoms with van der Waals surface area (Å²) >= 11 is 0. The summed E-state index contributed by atoms with van der Waals surface area (Å²) in [5.74, 6) is 2.39. The van der Waals surface area contributed by atoms with Gasteiger partial charge in [0.2, 0.25) is 0 Å². The average molecular weight is 424 g/mol. The van der Waals surface area contributed by atoms with Crippen LogP contribution >= 0.6 is 0 Å². The number of hydrogen-bond donors (Lipinski definition) is 1. The molecule has 0 aliphatic rings. The van der Waals surface area contributed by atoms with Gasteiger partial charge in [0.05, 0.1) is 6.61 Å². The highest BCUT2D eigenvalue weighted by Crippen LogP contribution is 2.34. The van der Waals surface area contributed by atoms with Crippen molar-refractivity contribution in [3.8, 4) is 0 Å². The first-order chi connectivity index (χ1) is 13.4. The van der Waals surface area contributed by atoms with Crippen molar-refractivity contribution in [1.82, 2.24) is 0 Å². The molecule has 0 aliphatic carbocycles. The molecule has 0 saturated carbocycles. The van der Waals surface area contributed by atoms with Crippen LogP contribution in [0.2, 0.25) is 0 Å². The zero-order valence-corrected chi connectivity index (χ0v) is 18.3. The Morgan fingerprint density at radius 1 is 0.929 bits per heavy atom. The lowest BCUT2D eigenvalue weighted by Crippen LogP contribution is -2.22. The van der Waals surface area contributed by atoms with Crippen LogP contribution in [0, 0.1) is 0 Å². The minimum atomic E-state index is -4.45.